The molecule has 0 aromatic heterocycles. The Balaban J connectivity index is 0.000000640. The molecule has 1 aromatic carbocycles. The SMILES string of the molecule is Cc1ccccc1C.[Al]. The van der Waals surface area contributed by atoms with Crippen molar-refractivity contribution < 1.29 is 0 Å². The van der Waals surface area contributed by atoms with Crippen LogP contribution in [0.15, 0.2) is 24.3 Å². The molecule has 1 rings (SSSR count). The van der Waals surface area contributed by atoms with E-state index in [4.69, 9.17) is 0 Å². The predicted octanol–water partition coefficient (Wildman–Crippen LogP) is 1.92. The molecule has 0 heterocycles. The molecule has 0 unspecified atom stereocenters. The van der Waals surface area contributed by atoms with Crippen LogP contribution in [0.25, 0.3) is 0 Å². The Kier molecular flexibility index (Phi) is 3.61. The fourth-order valence-corrected chi connectivity index (χ4v) is 0.663. The molecule has 0 bridgehead atoms. The van der Waals surface area contributed by atoms with Gasteiger partial charge in [0.05, 0.1) is 0 Å². The first-order chi connectivity index (χ1) is 3.80. The molecule has 0 spiro atoms. The van der Waals surface area contributed by atoms with Gasteiger partial charge in [0.15, 0.2) is 0 Å². The molecule has 0 N–H and O–H groups in total. The minimum Gasteiger partial charge on any atom is -0.0620 e. The van der Waals surface area contributed by atoms with Crippen molar-refractivity contribution in [3.63, 3.8) is 0 Å². The van der Waals surface area contributed by atoms with Crippen LogP contribution in [-0.2, 0) is 0 Å². The topological polar surface area (TPSA) is 0 Å². The van der Waals surface area contributed by atoms with Crippen molar-refractivity contribution in [2.45, 2.75) is 13.8 Å². The van der Waals surface area contributed by atoms with Gasteiger partial charge in [-0.15, -0.1) is 0 Å². The highest BCUT2D eigenvalue weighted by Crippen LogP contribution is 2.02. The Morgan fingerprint density at radius 1 is 0.889 bits per heavy atom. The fraction of sp³-hybridized carbons (Fsp3) is 0.250. The zero-order valence-electron chi connectivity index (χ0n) is 5.89. The largest absolute Gasteiger partial charge is 0.0620 e. The molecular formula is C8H10Al. The summed E-state index contributed by atoms with van der Waals surface area (Å²) in [6.07, 6.45) is 0. The van der Waals surface area contributed by atoms with Gasteiger partial charge < -0.3 is 0 Å². The van der Waals surface area contributed by atoms with Crippen LogP contribution in [0.4, 0.5) is 0 Å². The van der Waals surface area contributed by atoms with Crippen LogP contribution in [-0.4, -0.2) is 17.4 Å². The summed E-state index contributed by atoms with van der Waals surface area (Å²) in [7, 11) is 0. The van der Waals surface area contributed by atoms with Gasteiger partial charge in [-0.1, -0.05) is 24.3 Å². The molecule has 9 heavy (non-hydrogen) atoms. The fourth-order valence-electron chi connectivity index (χ4n) is 0.663. The molecule has 45 valence electrons. The number of benzene rings is 1. The molecule has 0 aliphatic heterocycles. The second-order valence-electron chi connectivity index (χ2n) is 2.08. The summed E-state index contributed by atoms with van der Waals surface area (Å²) in [6, 6.07) is 8.36. The van der Waals surface area contributed by atoms with Gasteiger partial charge in [0.1, 0.15) is 0 Å². The predicted molar refractivity (Wildman–Crippen MR) is 41.7 cm³/mol. The van der Waals surface area contributed by atoms with Crippen molar-refractivity contribution in [1.82, 2.24) is 0 Å². The second kappa shape index (κ2) is 3.72. The molecular weight excluding hydrogens is 123 g/mol. The normalized spacial score (nSPS) is 8.22. The van der Waals surface area contributed by atoms with E-state index in [1.54, 1.807) is 0 Å². The van der Waals surface area contributed by atoms with Gasteiger partial charge >= 0.3 is 0 Å². The summed E-state index contributed by atoms with van der Waals surface area (Å²) in [5.74, 6) is 0. The summed E-state index contributed by atoms with van der Waals surface area (Å²) in [6.45, 7) is 4.24. The van der Waals surface area contributed by atoms with E-state index in [1.165, 1.54) is 11.1 Å². The van der Waals surface area contributed by atoms with Gasteiger partial charge in [0.25, 0.3) is 0 Å². The third kappa shape index (κ3) is 2.22. The first kappa shape index (κ1) is 8.75. The average Bonchev–Trinajstić information content (AvgIpc) is 1.77. The zero-order valence-corrected chi connectivity index (χ0v) is 7.04. The maximum atomic E-state index is 2.12. The molecule has 1 aromatic rings. The van der Waals surface area contributed by atoms with Gasteiger partial charge in [-0.25, -0.2) is 0 Å². The van der Waals surface area contributed by atoms with Crippen molar-refractivity contribution in [3.8, 4) is 0 Å². The Morgan fingerprint density at radius 3 is 1.44 bits per heavy atom. The molecule has 0 fully saturated rings. The molecule has 0 nitrogen and oxygen atoms in total. The summed E-state index contributed by atoms with van der Waals surface area (Å²) in [4.78, 5) is 0. The molecule has 0 aliphatic rings. The van der Waals surface area contributed by atoms with Gasteiger partial charge in [-0.3, -0.25) is 0 Å². The van der Waals surface area contributed by atoms with E-state index in [-0.39, 0.29) is 17.4 Å². The number of hydrogen-bond donors (Lipinski definition) is 0. The Hall–Kier alpha value is -0.248. The van der Waals surface area contributed by atoms with Crippen molar-refractivity contribution >= 4 is 17.4 Å². The third-order valence-corrected chi connectivity index (χ3v) is 1.43. The van der Waals surface area contributed by atoms with E-state index in [2.05, 4.69) is 38.1 Å². The van der Waals surface area contributed by atoms with Crippen molar-refractivity contribution in [3.05, 3.63) is 35.4 Å². The van der Waals surface area contributed by atoms with Gasteiger partial charge in [0.2, 0.25) is 0 Å². The van der Waals surface area contributed by atoms with Gasteiger partial charge in [-0.05, 0) is 25.0 Å². The van der Waals surface area contributed by atoms with Crippen LogP contribution < -0.4 is 0 Å². The Morgan fingerprint density at radius 2 is 1.22 bits per heavy atom. The summed E-state index contributed by atoms with van der Waals surface area (Å²) >= 11 is 0. The van der Waals surface area contributed by atoms with Gasteiger partial charge in [0, 0.05) is 17.4 Å². The summed E-state index contributed by atoms with van der Waals surface area (Å²) < 4.78 is 0. The summed E-state index contributed by atoms with van der Waals surface area (Å²) in [5, 5.41) is 0. The van der Waals surface area contributed by atoms with Crippen molar-refractivity contribution in [2.24, 2.45) is 0 Å². The van der Waals surface area contributed by atoms with Gasteiger partial charge in [-0.2, -0.15) is 0 Å². The highest BCUT2D eigenvalue weighted by atomic mass is 27.0. The maximum Gasteiger partial charge on any atom is 0 e. The van der Waals surface area contributed by atoms with Crippen LogP contribution in [0.2, 0.25) is 0 Å². The number of rotatable bonds is 0. The van der Waals surface area contributed by atoms with Crippen LogP contribution in [0.5, 0.6) is 0 Å². The van der Waals surface area contributed by atoms with E-state index >= 15 is 0 Å². The molecule has 3 radical (unpaired) electrons. The van der Waals surface area contributed by atoms with E-state index in [0.29, 0.717) is 0 Å². The van der Waals surface area contributed by atoms with Crippen LogP contribution in [0.1, 0.15) is 11.1 Å². The van der Waals surface area contributed by atoms with Crippen molar-refractivity contribution in [2.75, 3.05) is 0 Å². The number of hydrogen-bond acceptors (Lipinski definition) is 0. The first-order valence-corrected chi connectivity index (χ1v) is 2.83. The lowest BCUT2D eigenvalue weighted by atomic mass is 10.1. The highest BCUT2D eigenvalue weighted by Gasteiger charge is 1.83. The smallest absolute Gasteiger partial charge is 0 e. The molecule has 0 aliphatic carbocycles. The van der Waals surface area contributed by atoms with Crippen LogP contribution in [0.3, 0.4) is 0 Å². The van der Waals surface area contributed by atoms with E-state index in [9.17, 15) is 0 Å². The van der Waals surface area contributed by atoms with E-state index in [0.717, 1.165) is 0 Å². The molecule has 1 heteroatoms. The molecule has 0 saturated carbocycles. The average molecular weight is 133 g/mol. The van der Waals surface area contributed by atoms with E-state index in [1.807, 2.05) is 0 Å². The molecule has 0 amide bonds. The number of aryl methyl sites for hydroxylation is 2. The lowest BCUT2D eigenvalue weighted by Gasteiger charge is -1.93. The maximum absolute atomic E-state index is 2.12. The minimum atomic E-state index is 0. The minimum absolute atomic E-state index is 0. The standard InChI is InChI=1S/C8H10.Al/c1-7-5-3-4-6-8(7)2;/h3-6H,1-2H3;. The lowest BCUT2D eigenvalue weighted by Crippen LogP contribution is -1.74. The molecule has 0 atom stereocenters. The van der Waals surface area contributed by atoms with Crippen LogP contribution in [0, 0.1) is 13.8 Å². The first-order valence-electron chi connectivity index (χ1n) is 2.83. The van der Waals surface area contributed by atoms with Crippen molar-refractivity contribution in [1.29, 1.82) is 0 Å². The van der Waals surface area contributed by atoms with E-state index < -0.39 is 0 Å². The molecule has 0 saturated heterocycles. The Bertz CT molecular complexity index is 161. The lowest BCUT2D eigenvalue weighted by molar-refractivity contribution is 1.34. The van der Waals surface area contributed by atoms with Crippen LogP contribution >= 0.6 is 0 Å². The third-order valence-electron chi connectivity index (χ3n) is 1.43. The summed E-state index contributed by atoms with van der Waals surface area (Å²) in [5.41, 5.74) is 2.74. The quantitative estimate of drug-likeness (QED) is 0.474. The Labute approximate surface area is 67.0 Å². The highest BCUT2D eigenvalue weighted by molar-refractivity contribution is 5.75. The zero-order chi connectivity index (χ0) is 5.98. The monoisotopic (exact) mass is 133 g/mol. The second-order valence-corrected chi connectivity index (χ2v) is 2.08.